The molecule has 3 nitrogen and oxygen atoms in total. The van der Waals surface area contributed by atoms with Crippen LogP contribution in [0.5, 0.6) is 0 Å². The molecule has 0 bridgehead atoms. The Bertz CT molecular complexity index is 479. The van der Waals surface area contributed by atoms with Crippen LogP contribution >= 0.6 is 27.7 Å². The van der Waals surface area contributed by atoms with Gasteiger partial charge in [0.05, 0.1) is 0 Å². The van der Waals surface area contributed by atoms with E-state index in [0.717, 1.165) is 18.2 Å². The summed E-state index contributed by atoms with van der Waals surface area (Å²) in [6.45, 7) is 0.318. The highest BCUT2D eigenvalue weighted by Crippen LogP contribution is 2.19. The van der Waals surface area contributed by atoms with Crippen molar-refractivity contribution in [1.29, 1.82) is 0 Å². The Morgan fingerprint density at radius 3 is 2.76 bits per heavy atom. The van der Waals surface area contributed by atoms with E-state index in [-0.39, 0.29) is 4.90 Å². The van der Waals surface area contributed by atoms with Gasteiger partial charge in [-0.05, 0) is 36.6 Å². The van der Waals surface area contributed by atoms with E-state index in [1.54, 1.807) is 11.8 Å². The molecule has 0 heterocycles. The van der Waals surface area contributed by atoms with Gasteiger partial charge in [0.15, 0.2) is 0 Å². The summed E-state index contributed by atoms with van der Waals surface area (Å²) >= 11 is 4.72. The van der Waals surface area contributed by atoms with E-state index < -0.39 is 15.8 Å². The summed E-state index contributed by atoms with van der Waals surface area (Å²) in [5.74, 6) is 0.113. The highest BCUT2D eigenvalue weighted by atomic mass is 79.9. The molecule has 0 atom stereocenters. The van der Waals surface area contributed by atoms with Crippen LogP contribution in [0, 0.1) is 5.82 Å². The fourth-order valence-corrected chi connectivity index (χ4v) is 3.09. The van der Waals surface area contributed by atoms with Gasteiger partial charge < -0.3 is 0 Å². The first-order chi connectivity index (χ1) is 7.97. The molecule has 0 unspecified atom stereocenters. The average molecular weight is 342 g/mol. The van der Waals surface area contributed by atoms with Crippen LogP contribution in [0.3, 0.4) is 0 Å². The standard InChI is InChI=1S/C10H13BrFNO2S2/c1-16-6-2-5-13-17(14,15)10-4-3-8(11)7-9(10)12/h3-4,7,13H,2,5-6H2,1H3. The van der Waals surface area contributed by atoms with Crippen LogP contribution in [0.15, 0.2) is 27.6 Å². The second-order valence-electron chi connectivity index (χ2n) is 3.32. The number of halogens is 2. The molecule has 0 saturated heterocycles. The molecule has 0 spiro atoms. The molecule has 1 N–H and O–H groups in total. The number of nitrogens with one attached hydrogen (secondary N) is 1. The Kier molecular flexibility index (Phi) is 5.91. The topological polar surface area (TPSA) is 46.2 Å². The molecule has 1 rings (SSSR count). The summed E-state index contributed by atoms with van der Waals surface area (Å²) < 4.78 is 39.9. The molecule has 0 radical (unpaired) electrons. The Morgan fingerprint density at radius 1 is 1.47 bits per heavy atom. The maximum absolute atomic E-state index is 13.5. The Balaban J connectivity index is 2.76. The van der Waals surface area contributed by atoms with Gasteiger partial charge in [-0.1, -0.05) is 15.9 Å². The molecule has 0 saturated carbocycles. The molecule has 0 fully saturated rings. The second-order valence-corrected chi connectivity index (χ2v) is 6.96. The zero-order valence-electron chi connectivity index (χ0n) is 9.24. The van der Waals surface area contributed by atoms with E-state index in [9.17, 15) is 12.8 Å². The predicted octanol–water partition coefficient (Wildman–Crippen LogP) is 2.62. The van der Waals surface area contributed by atoms with Crippen molar-refractivity contribution in [3.05, 3.63) is 28.5 Å². The normalized spacial score (nSPS) is 11.7. The Hall–Kier alpha value is -0.110. The maximum atomic E-state index is 13.5. The zero-order chi connectivity index (χ0) is 12.9. The van der Waals surface area contributed by atoms with Crippen molar-refractivity contribution in [1.82, 2.24) is 4.72 Å². The van der Waals surface area contributed by atoms with E-state index in [0.29, 0.717) is 11.0 Å². The summed E-state index contributed by atoms with van der Waals surface area (Å²) in [4.78, 5) is -0.315. The monoisotopic (exact) mass is 341 g/mol. The number of thioether (sulfide) groups is 1. The van der Waals surface area contributed by atoms with Gasteiger partial charge in [0.1, 0.15) is 10.7 Å². The van der Waals surface area contributed by atoms with Crippen molar-refractivity contribution >= 4 is 37.7 Å². The fraction of sp³-hybridized carbons (Fsp3) is 0.400. The molecule has 0 aliphatic heterocycles. The van der Waals surface area contributed by atoms with E-state index in [1.807, 2.05) is 6.26 Å². The SMILES string of the molecule is CSCCCNS(=O)(=O)c1ccc(Br)cc1F. The van der Waals surface area contributed by atoms with Crippen LogP contribution in [0.2, 0.25) is 0 Å². The molecule has 17 heavy (non-hydrogen) atoms. The lowest BCUT2D eigenvalue weighted by Gasteiger charge is -2.07. The van der Waals surface area contributed by atoms with Gasteiger partial charge in [0.2, 0.25) is 10.0 Å². The quantitative estimate of drug-likeness (QED) is 0.809. The van der Waals surface area contributed by atoms with Gasteiger partial charge in [-0.2, -0.15) is 11.8 Å². The van der Waals surface area contributed by atoms with Crippen LogP contribution in [0.1, 0.15) is 6.42 Å². The molecule has 0 aliphatic carbocycles. The molecular weight excluding hydrogens is 329 g/mol. The van der Waals surface area contributed by atoms with Crippen molar-refractivity contribution in [2.45, 2.75) is 11.3 Å². The van der Waals surface area contributed by atoms with Crippen molar-refractivity contribution in [2.75, 3.05) is 18.6 Å². The number of sulfonamides is 1. The Morgan fingerprint density at radius 2 is 2.18 bits per heavy atom. The van der Waals surface area contributed by atoms with Crippen molar-refractivity contribution < 1.29 is 12.8 Å². The summed E-state index contributed by atoms with van der Waals surface area (Å²) in [6, 6.07) is 3.88. The minimum absolute atomic E-state index is 0.315. The molecule has 1 aromatic carbocycles. The van der Waals surface area contributed by atoms with Gasteiger partial charge in [0.25, 0.3) is 0 Å². The summed E-state index contributed by atoms with van der Waals surface area (Å²) in [6.07, 6.45) is 2.67. The fourth-order valence-electron chi connectivity index (χ4n) is 1.19. The van der Waals surface area contributed by atoms with Crippen LogP contribution in [-0.4, -0.2) is 27.0 Å². The van der Waals surface area contributed by atoms with E-state index in [2.05, 4.69) is 20.7 Å². The lowest BCUT2D eigenvalue weighted by molar-refractivity contribution is 0.556. The third-order valence-electron chi connectivity index (χ3n) is 2.00. The van der Waals surface area contributed by atoms with Crippen LogP contribution in [0.25, 0.3) is 0 Å². The van der Waals surface area contributed by atoms with E-state index >= 15 is 0 Å². The van der Waals surface area contributed by atoms with Gasteiger partial charge >= 0.3 is 0 Å². The van der Waals surface area contributed by atoms with Gasteiger partial charge in [0, 0.05) is 11.0 Å². The molecule has 1 aromatic rings. The zero-order valence-corrected chi connectivity index (χ0v) is 12.5. The smallest absolute Gasteiger partial charge is 0.211 e. The molecule has 0 aromatic heterocycles. The van der Waals surface area contributed by atoms with Crippen LogP contribution in [-0.2, 0) is 10.0 Å². The summed E-state index contributed by atoms with van der Waals surface area (Å²) in [7, 11) is -3.74. The maximum Gasteiger partial charge on any atom is 0.243 e. The lowest BCUT2D eigenvalue weighted by atomic mass is 10.3. The second kappa shape index (κ2) is 6.72. The number of hydrogen-bond acceptors (Lipinski definition) is 3. The van der Waals surface area contributed by atoms with Crippen molar-refractivity contribution in [3.63, 3.8) is 0 Å². The number of benzene rings is 1. The van der Waals surface area contributed by atoms with Crippen molar-refractivity contribution in [2.24, 2.45) is 0 Å². The summed E-state index contributed by atoms with van der Waals surface area (Å²) in [5.41, 5.74) is 0. The largest absolute Gasteiger partial charge is 0.243 e. The van der Waals surface area contributed by atoms with E-state index in [4.69, 9.17) is 0 Å². The van der Waals surface area contributed by atoms with Gasteiger partial charge in [-0.15, -0.1) is 0 Å². The van der Waals surface area contributed by atoms with Crippen molar-refractivity contribution in [3.8, 4) is 0 Å². The number of hydrogen-bond donors (Lipinski definition) is 1. The number of rotatable bonds is 6. The van der Waals surface area contributed by atoms with Crippen LogP contribution < -0.4 is 4.72 Å². The van der Waals surface area contributed by atoms with Crippen LogP contribution in [0.4, 0.5) is 4.39 Å². The minimum Gasteiger partial charge on any atom is -0.211 e. The first kappa shape index (κ1) is 14.9. The highest BCUT2D eigenvalue weighted by Gasteiger charge is 2.18. The molecular formula is C10H13BrFNO2S2. The Labute approximate surface area is 113 Å². The first-order valence-corrected chi connectivity index (χ1v) is 8.58. The molecule has 0 aliphatic rings. The summed E-state index contributed by atoms with van der Waals surface area (Å²) in [5, 5.41) is 0. The third kappa shape index (κ3) is 4.57. The minimum atomic E-state index is -3.74. The van der Waals surface area contributed by atoms with E-state index in [1.165, 1.54) is 12.1 Å². The molecule has 0 amide bonds. The lowest BCUT2D eigenvalue weighted by Crippen LogP contribution is -2.26. The first-order valence-electron chi connectivity index (χ1n) is 4.91. The van der Waals surface area contributed by atoms with Gasteiger partial charge in [-0.3, -0.25) is 0 Å². The molecule has 96 valence electrons. The third-order valence-corrected chi connectivity index (χ3v) is 4.69. The van der Waals surface area contributed by atoms with Gasteiger partial charge in [-0.25, -0.2) is 17.5 Å². The highest BCUT2D eigenvalue weighted by molar-refractivity contribution is 9.10. The molecule has 7 heteroatoms. The average Bonchev–Trinajstić information content (AvgIpc) is 2.24. The predicted molar refractivity (Wildman–Crippen MR) is 72.3 cm³/mol.